The van der Waals surface area contributed by atoms with Gasteiger partial charge in [0.2, 0.25) is 0 Å². The van der Waals surface area contributed by atoms with E-state index in [0.29, 0.717) is 0 Å². The predicted molar refractivity (Wildman–Crippen MR) is 74.0 cm³/mol. The molecule has 1 aromatic carbocycles. The summed E-state index contributed by atoms with van der Waals surface area (Å²) in [6.07, 6.45) is 3.39. The van der Waals surface area contributed by atoms with Crippen LogP contribution in [0.15, 0.2) is 22.7 Å². The molecule has 0 amide bonds. The van der Waals surface area contributed by atoms with Crippen molar-refractivity contribution in [3.05, 3.63) is 33.8 Å². The minimum Gasteiger partial charge on any atom is -0.381 e. The van der Waals surface area contributed by atoms with Crippen LogP contribution in [-0.2, 0) is 4.74 Å². The van der Waals surface area contributed by atoms with Crippen molar-refractivity contribution < 1.29 is 4.74 Å². The molecule has 0 saturated carbocycles. The summed E-state index contributed by atoms with van der Waals surface area (Å²) >= 11 is 3.52. The fraction of sp³-hybridized carbons (Fsp3) is 0.571. The van der Waals surface area contributed by atoms with Crippen molar-refractivity contribution in [2.75, 3.05) is 13.2 Å². The second-order valence-electron chi connectivity index (χ2n) is 4.91. The van der Waals surface area contributed by atoms with Gasteiger partial charge in [-0.1, -0.05) is 28.1 Å². The molecular weight excluding hydrogens is 278 g/mol. The maximum atomic E-state index is 6.29. The first-order valence-corrected chi connectivity index (χ1v) is 7.05. The molecule has 1 aromatic rings. The second kappa shape index (κ2) is 5.98. The first kappa shape index (κ1) is 13.1. The zero-order valence-corrected chi connectivity index (χ0v) is 11.9. The summed E-state index contributed by atoms with van der Waals surface area (Å²) in [5, 5.41) is 0. The Bertz CT molecular complexity index is 374. The molecule has 2 N–H and O–H groups in total. The van der Waals surface area contributed by atoms with Gasteiger partial charge in [0.1, 0.15) is 0 Å². The molecule has 1 aliphatic rings. The van der Waals surface area contributed by atoms with Crippen LogP contribution < -0.4 is 5.73 Å². The Morgan fingerprint density at radius 1 is 1.41 bits per heavy atom. The molecule has 1 fully saturated rings. The molecule has 17 heavy (non-hydrogen) atoms. The lowest BCUT2D eigenvalue weighted by molar-refractivity contribution is 0.0618. The molecule has 1 heterocycles. The van der Waals surface area contributed by atoms with Crippen LogP contribution >= 0.6 is 15.9 Å². The molecule has 3 heteroatoms. The lowest BCUT2D eigenvalue weighted by Gasteiger charge is -2.25. The first-order valence-electron chi connectivity index (χ1n) is 6.26. The SMILES string of the molecule is Cc1cc(C(N)CC2CCOCC2)ccc1Br. The van der Waals surface area contributed by atoms with Crippen molar-refractivity contribution in [1.82, 2.24) is 0 Å². The van der Waals surface area contributed by atoms with E-state index < -0.39 is 0 Å². The molecule has 1 unspecified atom stereocenters. The molecule has 2 nitrogen and oxygen atoms in total. The molecule has 2 rings (SSSR count). The smallest absolute Gasteiger partial charge is 0.0468 e. The number of ether oxygens (including phenoxy) is 1. The van der Waals surface area contributed by atoms with Crippen LogP contribution in [0, 0.1) is 12.8 Å². The van der Waals surface area contributed by atoms with Crippen molar-refractivity contribution >= 4 is 15.9 Å². The highest BCUT2D eigenvalue weighted by atomic mass is 79.9. The third-order valence-electron chi connectivity index (χ3n) is 3.54. The lowest BCUT2D eigenvalue weighted by atomic mass is 9.89. The Kier molecular flexibility index (Phi) is 4.60. The number of rotatable bonds is 3. The quantitative estimate of drug-likeness (QED) is 0.926. The summed E-state index contributed by atoms with van der Waals surface area (Å²) in [6.45, 7) is 3.91. The van der Waals surface area contributed by atoms with E-state index in [2.05, 4.69) is 41.1 Å². The molecule has 0 spiro atoms. The zero-order chi connectivity index (χ0) is 12.3. The molecule has 1 saturated heterocycles. The van der Waals surface area contributed by atoms with Crippen molar-refractivity contribution in [2.24, 2.45) is 11.7 Å². The monoisotopic (exact) mass is 297 g/mol. The molecule has 1 atom stereocenters. The lowest BCUT2D eigenvalue weighted by Crippen LogP contribution is -2.21. The highest BCUT2D eigenvalue weighted by Gasteiger charge is 2.18. The van der Waals surface area contributed by atoms with Gasteiger partial charge in [-0.05, 0) is 49.3 Å². The summed E-state index contributed by atoms with van der Waals surface area (Å²) in [5.41, 5.74) is 8.79. The van der Waals surface area contributed by atoms with Gasteiger partial charge in [0.05, 0.1) is 0 Å². The van der Waals surface area contributed by atoms with Crippen molar-refractivity contribution in [3.8, 4) is 0 Å². The van der Waals surface area contributed by atoms with Gasteiger partial charge in [-0.25, -0.2) is 0 Å². The minimum atomic E-state index is 0.157. The average Bonchev–Trinajstić information content (AvgIpc) is 2.34. The maximum Gasteiger partial charge on any atom is 0.0468 e. The Balaban J connectivity index is 1.98. The summed E-state index contributed by atoms with van der Waals surface area (Å²) < 4.78 is 6.53. The third-order valence-corrected chi connectivity index (χ3v) is 4.43. The highest BCUT2D eigenvalue weighted by molar-refractivity contribution is 9.10. The summed E-state index contributed by atoms with van der Waals surface area (Å²) in [7, 11) is 0. The molecule has 0 bridgehead atoms. The summed E-state index contributed by atoms with van der Waals surface area (Å²) in [6, 6.07) is 6.56. The number of halogens is 1. The number of hydrogen-bond acceptors (Lipinski definition) is 2. The van der Waals surface area contributed by atoms with Crippen LogP contribution in [0.5, 0.6) is 0 Å². The van der Waals surface area contributed by atoms with Crippen molar-refractivity contribution in [2.45, 2.75) is 32.2 Å². The van der Waals surface area contributed by atoms with Gasteiger partial charge in [-0.2, -0.15) is 0 Å². The van der Waals surface area contributed by atoms with Crippen LogP contribution in [0.1, 0.15) is 36.4 Å². The van der Waals surface area contributed by atoms with Crippen LogP contribution in [-0.4, -0.2) is 13.2 Å². The Hall–Kier alpha value is -0.380. The van der Waals surface area contributed by atoms with Crippen LogP contribution in [0.3, 0.4) is 0 Å². The first-order chi connectivity index (χ1) is 8.16. The van der Waals surface area contributed by atoms with Gasteiger partial charge in [0, 0.05) is 23.7 Å². The van der Waals surface area contributed by atoms with E-state index in [1.54, 1.807) is 0 Å². The number of hydrogen-bond donors (Lipinski definition) is 1. The van der Waals surface area contributed by atoms with Crippen molar-refractivity contribution in [1.29, 1.82) is 0 Å². The van der Waals surface area contributed by atoms with E-state index in [-0.39, 0.29) is 6.04 Å². The highest BCUT2D eigenvalue weighted by Crippen LogP contribution is 2.27. The average molecular weight is 298 g/mol. The van der Waals surface area contributed by atoms with E-state index in [9.17, 15) is 0 Å². The van der Waals surface area contributed by atoms with Gasteiger partial charge in [-0.15, -0.1) is 0 Å². The predicted octanol–water partition coefficient (Wildman–Crippen LogP) is 3.57. The molecule has 1 aliphatic heterocycles. The third kappa shape index (κ3) is 3.54. The fourth-order valence-corrected chi connectivity index (χ4v) is 2.62. The van der Waals surface area contributed by atoms with E-state index >= 15 is 0 Å². The second-order valence-corrected chi connectivity index (χ2v) is 5.76. The van der Waals surface area contributed by atoms with Crippen LogP contribution in [0.25, 0.3) is 0 Å². The van der Waals surface area contributed by atoms with E-state index in [0.717, 1.165) is 42.9 Å². The largest absolute Gasteiger partial charge is 0.381 e. The summed E-state index contributed by atoms with van der Waals surface area (Å²) in [5.74, 6) is 0.725. The fourth-order valence-electron chi connectivity index (χ4n) is 2.38. The number of nitrogens with two attached hydrogens (primary N) is 1. The number of aryl methyl sites for hydroxylation is 1. The van der Waals surface area contributed by atoms with Gasteiger partial charge in [0.15, 0.2) is 0 Å². The maximum absolute atomic E-state index is 6.29. The zero-order valence-electron chi connectivity index (χ0n) is 10.3. The van der Waals surface area contributed by atoms with Gasteiger partial charge >= 0.3 is 0 Å². The van der Waals surface area contributed by atoms with E-state index in [4.69, 9.17) is 10.5 Å². The van der Waals surface area contributed by atoms with Gasteiger partial charge in [-0.3, -0.25) is 0 Å². The Labute approximate surface area is 112 Å². The van der Waals surface area contributed by atoms with Gasteiger partial charge < -0.3 is 10.5 Å². The summed E-state index contributed by atoms with van der Waals surface area (Å²) in [4.78, 5) is 0. The molecule has 94 valence electrons. The van der Waals surface area contributed by atoms with Crippen molar-refractivity contribution in [3.63, 3.8) is 0 Å². The number of benzene rings is 1. The van der Waals surface area contributed by atoms with Gasteiger partial charge in [0.25, 0.3) is 0 Å². The normalized spacial score (nSPS) is 19.2. The molecule has 0 aliphatic carbocycles. The van der Waals surface area contributed by atoms with E-state index in [1.165, 1.54) is 11.1 Å². The molecule has 0 aromatic heterocycles. The minimum absolute atomic E-state index is 0.157. The topological polar surface area (TPSA) is 35.2 Å². The van der Waals surface area contributed by atoms with Crippen LogP contribution in [0.4, 0.5) is 0 Å². The van der Waals surface area contributed by atoms with E-state index in [1.807, 2.05) is 0 Å². The Morgan fingerprint density at radius 3 is 2.76 bits per heavy atom. The van der Waals surface area contributed by atoms with Crippen LogP contribution in [0.2, 0.25) is 0 Å². The Morgan fingerprint density at radius 2 is 2.12 bits per heavy atom. The molecule has 0 radical (unpaired) electrons. The molecular formula is C14H20BrNO. The standard InChI is InChI=1S/C14H20BrNO/c1-10-8-12(2-3-13(10)15)14(16)9-11-4-6-17-7-5-11/h2-3,8,11,14H,4-7,9,16H2,1H3.